The van der Waals surface area contributed by atoms with Crippen LogP contribution < -0.4 is 0 Å². The predicted molar refractivity (Wildman–Crippen MR) is 35.7 cm³/mol. The largest absolute Gasteiger partial charge is 0.383 e. The van der Waals surface area contributed by atoms with Crippen molar-refractivity contribution in [3.8, 4) is 0 Å². The van der Waals surface area contributed by atoms with Crippen molar-refractivity contribution in [2.45, 2.75) is 26.2 Å². The van der Waals surface area contributed by atoms with E-state index in [-0.39, 0.29) is 5.91 Å². The molecule has 0 aromatic rings. The van der Waals surface area contributed by atoms with Gasteiger partial charge in [0.2, 0.25) is 0 Å². The summed E-state index contributed by atoms with van der Waals surface area (Å²) in [6.07, 6.45) is 5.46. The Morgan fingerprint density at radius 2 is 2.33 bits per heavy atom. The predicted octanol–water partition coefficient (Wildman–Crippen LogP) is 0.800. The van der Waals surface area contributed by atoms with Crippen molar-refractivity contribution in [1.29, 1.82) is 0 Å². The number of hydrogen-bond donors (Lipinski definition) is 0. The van der Waals surface area contributed by atoms with E-state index < -0.39 is 0 Å². The molecular weight excluding hydrogens is 117 g/mol. The van der Waals surface area contributed by atoms with E-state index in [2.05, 4.69) is 0 Å². The topological polar surface area (TPSA) is 20.1 Å². The van der Waals surface area contributed by atoms with E-state index in [9.17, 15) is 4.79 Å². The lowest BCUT2D eigenvalue weighted by molar-refractivity contribution is -0.448. The van der Waals surface area contributed by atoms with Crippen LogP contribution in [0.25, 0.3) is 0 Å². The molecule has 0 aliphatic carbocycles. The zero-order chi connectivity index (χ0) is 6.69. The molecule has 1 aliphatic rings. The molecule has 0 aromatic heterocycles. The van der Waals surface area contributed by atoms with Gasteiger partial charge >= 0.3 is 5.91 Å². The zero-order valence-electron chi connectivity index (χ0n) is 5.76. The number of rotatable bonds is 0. The average molecular weight is 129 g/mol. The van der Waals surface area contributed by atoms with Crippen LogP contribution in [0.4, 0.5) is 0 Å². The minimum Gasteiger partial charge on any atom is -0.220 e. The Bertz CT molecular complexity index is 149. The van der Waals surface area contributed by atoms with Gasteiger partial charge < -0.3 is 0 Å². The van der Waals surface area contributed by atoms with Crippen molar-refractivity contribution >= 4 is 12.1 Å². The lowest BCUT2D eigenvalue weighted by Crippen LogP contribution is -2.23. The van der Waals surface area contributed by atoms with E-state index in [4.69, 9.17) is 0 Å². The molecule has 0 spiro atoms. The second-order valence-corrected chi connectivity index (χ2v) is 2.39. The molecule has 1 aliphatic heterocycles. The zero-order valence-corrected chi connectivity index (χ0v) is 5.76. The van der Waals surface area contributed by atoms with Crippen LogP contribution in [-0.2, 0) is 4.79 Å². The Kier molecular flexibility index (Phi) is 1.98. The summed E-state index contributed by atoms with van der Waals surface area (Å²) < 4.78 is 1.80. The van der Waals surface area contributed by atoms with E-state index in [0.717, 1.165) is 19.4 Å². The van der Waals surface area contributed by atoms with Crippen LogP contribution >= 0.6 is 0 Å². The van der Waals surface area contributed by atoms with Crippen LogP contribution in [-0.4, -0.2) is 23.2 Å². The first-order valence-electron chi connectivity index (χ1n) is 3.41. The number of amides is 1. The molecule has 0 atom stereocenters. The maximum absolute atomic E-state index is 10.7. The highest BCUT2D eigenvalue weighted by Gasteiger charge is 2.13. The highest BCUT2D eigenvalue weighted by Crippen LogP contribution is 1.99. The van der Waals surface area contributed by atoms with E-state index in [1.165, 1.54) is 6.42 Å². The molecule has 0 aromatic carbocycles. The van der Waals surface area contributed by atoms with Crippen LogP contribution in [0.2, 0.25) is 0 Å². The summed E-state index contributed by atoms with van der Waals surface area (Å²) in [5, 5.41) is 0. The van der Waals surface area contributed by atoms with Gasteiger partial charge in [0.15, 0.2) is 6.54 Å². The molecule has 0 saturated heterocycles. The maximum atomic E-state index is 10.7. The minimum absolute atomic E-state index is 0.176. The minimum atomic E-state index is 0.176. The molecule has 50 valence electrons. The SMILES string of the molecule is CC(=O)[15N+]1=CCC[13CH2][13CH2]1. The highest BCUT2D eigenvalue weighted by atomic mass is 16.2. The van der Waals surface area contributed by atoms with Crippen molar-refractivity contribution in [3.63, 3.8) is 0 Å². The van der Waals surface area contributed by atoms with Crippen LogP contribution in [0, 0.1) is 0 Å². The number of carbonyl (C=O) groups is 1. The molecule has 0 unspecified atom stereocenters. The van der Waals surface area contributed by atoms with E-state index in [1.807, 2.05) is 6.21 Å². The summed E-state index contributed by atoms with van der Waals surface area (Å²) >= 11 is 0. The molecule has 1 amide bonds. The third-order valence-corrected chi connectivity index (χ3v) is 1.61. The van der Waals surface area contributed by atoms with E-state index in [1.54, 1.807) is 11.5 Å². The summed E-state index contributed by atoms with van der Waals surface area (Å²) in [5.74, 6) is 0.176. The van der Waals surface area contributed by atoms with Gasteiger partial charge in [0.05, 0.1) is 6.92 Å². The molecule has 0 bridgehead atoms. The molecule has 0 saturated carbocycles. The maximum Gasteiger partial charge on any atom is 0.383 e. The van der Waals surface area contributed by atoms with Gasteiger partial charge in [0.1, 0.15) is 6.21 Å². The summed E-state index contributed by atoms with van der Waals surface area (Å²) in [4.78, 5) is 10.7. The Hall–Kier alpha value is -0.660. The molecule has 0 N–H and O–H groups in total. The third-order valence-electron chi connectivity index (χ3n) is 1.61. The Morgan fingerprint density at radius 3 is 2.67 bits per heavy atom. The number of carbonyl (C=O) groups excluding carboxylic acids is 1. The van der Waals surface area contributed by atoms with Gasteiger partial charge in [-0.2, -0.15) is 4.58 Å². The van der Waals surface area contributed by atoms with Gasteiger partial charge in [0, 0.05) is 12.8 Å². The average Bonchev–Trinajstić information content (AvgIpc) is 1.90. The van der Waals surface area contributed by atoms with Crippen molar-refractivity contribution < 1.29 is 9.37 Å². The molecular formula is C7H12NO+. The summed E-state index contributed by atoms with van der Waals surface area (Å²) in [6, 6.07) is 0. The smallest absolute Gasteiger partial charge is 0.220 e. The molecule has 1 heterocycles. The first kappa shape index (κ1) is 6.46. The standard InChI is InChI=1S/C7H12NO/c1-7(9)8-5-3-2-4-6-8/h5H,2-4,6H2,1H3/q+1/i4+1,6+1,8+1. The van der Waals surface area contributed by atoms with Crippen LogP contribution in [0.15, 0.2) is 0 Å². The van der Waals surface area contributed by atoms with Crippen molar-refractivity contribution in [3.05, 3.63) is 0 Å². The Morgan fingerprint density at radius 1 is 1.56 bits per heavy atom. The first-order valence-corrected chi connectivity index (χ1v) is 3.41. The van der Waals surface area contributed by atoms with Gasteiger partial charge in [0.25, 0.3) is 0 Å². The second kappa shape index (κ2) is 2.76. The molecule has 0 radical (unpaired) electrons. The monoisotopic (exact) mass is 129 g/mol. The van der Waals surface area contributed by atoms with E-state index >= 15 is 0 Å². The lowest BCUT2D eigenvalue weighted by atomic mass is 10.4. The van der Waals surface area contributed by atoms with Gasteiger partial charge in [-0.05, 0) is 6.42 Å². The third kappa shape index (κ3) is 1.63. The lowest BCUT2D eigenvalue weighted by Gasteiger charge is -2.02. The summed E-state index contributed by atoms with van der Waals surface area (Å²) in [7, 11) is 0. The fraction of sp³-hybridized carbons (Fsp3) is 0.714. The van der Waals surface area contributed by atoms with Gasteiger partial charge in [-0.25, -0.2) is 4.79 Å². The van der Waals surface area contributed by atoms with E-state index in [0.29, 0.717) is 0 Å². The molecule has 2 heteroatoms. The molecule has 1 rings (SSSR count). The van der Waals surface area contributed by atoms with Crippen molar-refractivity contribution in [1.82, 2.24) is 0 Å². The Balaban J connectivity index is 2.57. The normalized spacial score (nSPS) is 19.0. The second-order valence-electron chi connectivity index (χ2n) is 2.39. The molecule has 9 heavy (non-hydrogen) atoms. The van der Waals surface area contributed by atoms with Crippen LogP contribution in [0.1, 0.15) is 26.2 Å². The van der Waals surface area contributed by atoms with Crippen molar-refractivity contribution in [2.75, 3.05) is 6.54 Å². The fourth-order valence-electron chi connectivity index (χ4n) is 1.05. The Labute approximate surface area is 55.2 Å². The summed E-state index contributed by atoms with van der Waals surface area (Å²) in [5.41, 5.74) is 0. The first-order chi connectivity index (χ1) is 4.30. The fourth-order valence-corrected chi connectivity index (χ4v) is 1.05. The van der Waals surface area contributed by atoms with Crippen LogP contribution in [0.3, 0.4) is 0 Å². The molecule has 2 nitrogen and oxygen atoms in total. The number of nitrogens with zero attached hydrogens (tertiary/aromatic N) is 1. The van der Waals surface area contributed by atoms with Gasteiger partial charge in [-0.15, -0.1) is 0 Å². The quantitative estimate of drug-likeness (QED) is 0.269. The van der Waals surface area contributed by atoms with Gasteiger partial charge in [-0.1, -0.05) is 0 Å². The number of hydrogen-bond acceptors (Lipinski definition) is 1. The van der Waals surface area contributed by atoms with Crippen LogP contribution in [0.5, 0.6) is 0 Å². The highest BCUT2D eigenvalue weighted by molar-refractivity contribution is 5.70. The van der Waals surface area contributed by atoms with Gasteiger partial charge in [-0.3, -0.25) is 0 Å². The summed E-state index contributed by atoms with van der Waals surface area (Å²) in [6.45, 7) is 2.54. The molecule has 0 fully saturated rings. The van der Waals surface area contributed by atoms with Crippen molar-refractivity contribution in [2.24, 2.45) is 0 Å².